The van der Waals surface area contributed by atoms with E-state index in [4.69, 9.17) is 40.3 Å². The summed E-state index contributed by atoms with van der Waals surface area (Å²) in [4.78, 5) is 34.2. The number of amides is 1. The van der Waals surface area contributed by atoms with Crippen LogP contribution in [-0.4, -0.2) is 107 Å². The van der Waals surface area contributed by atoms with Crippen molar-refractivity contribution < 1.29 is 32.5 Å². The smallest absolute Gasteiger partial charge is 0.410 e. The normalized spacial score (nSPS) is 24.1. The van der Waals surface area contributed by atoms with Crippen LogP contribution < -0.4 is 14.4 Å². The molecule has 11 nitrogen and oxygen atoms in total. The van der Waals surface area contributed by atoms with E-state index in [0.29, 0.717) is 70.6 Å². The summed E-state index contributed by atoms with van der Waals surface area (Å²) in [6.45, 7) is 8.20. The van der Waals surface area contributed by atoms with Crippen molar-refractivity contribution >= 4 is 33.7 Å². The van der Waals surface area contributed by atoms with Crippen molar-refractivity contribution in [2.24, 2.45) is 0 Å². The van der Waals surface area contributed by atoms with Crippen LogP contribution in [0.3, 0.4) is 0 Å². The first-order chi connectivity index (χ1) is 25.4. The minimum atomic E-state index is -0.897. The Kier molecular flexibility index (Phi) is 9.02. The maximum atomic E-state index is 15.1. The second-order valence-corrected chi connectivity index (χ2v) is 15.6. The van der Waals surface area contributed by atoms with Gasteiger partial charge in [0.2, 0.25) is 0 Å². The molecule has 278 valence electrons. The number of benzene rings is 2. The van der Waals surface area contributed by atoms with E-state index in [1.807, 2.05) is 31.7 Å². The van der Waals surface area contributed by atoms with Gasteiger partial charge >= 0.3 is 12.1 Å². The Morgan fingerprint density at radius 3 is 2.62 bits per heavy atom. The number of nitrogens with zero attached hydrogens (tertiary/aromatic N) is 6. The van der Waals surface area contributed by atoms with Gasteiger partial charge in [-0.2, -0.15) is 9.97 Å². The molecule has 0 N–H and O–H groups in total. The molecule has 8 rings (SSSR count). The van der Waals surface area contributed by atoms with E-state index in [2.05, 4.69) is 15.7 Å². The SMILES string of the molecule is C#Cc1c(F)ccc2cc(OCOC)cc(-c3cnc4c(N5CC6CCC(C5)N6C(=O)OC(C)(C)C)nc(OC[C@@]56CCCN5C[C@H](F)C6)nc4c3)c12. The van der Waals surface area contributed by atoms with Gasteiger partial charge in [-0.3, -0.25) is 14.8 Å². The highest BCUT2D eigenvalue weighted by molar-refractivity contribution is 6.03. The van der Waals surface area contributed by atoms with Gasteiger partial charge in [-0.05, 0) is 88.2 Å². The molecule has 2 unspecified atom stereocenters. The maximum Gasteiger partial charge on any atom is 0.410 e. The van der Waals surface area contributed by atoms with Crippen LogP contribution >= 0.6 is 0 Å². The van der Waals surface area contributed by atoms with Crippen LogP contribution in [0.5, 0.6) is 11.8 Å². The fourth-order valence-corrected chi connectivity index (χ4v) is 8.74. The fraction of sp³-hybridized carbons (Fsp3) is 0.500. The molecular formula is C40H44F2N6O5. The molecular weight excluding hydrogens is 682 g/mol. The Balaban J connectivity index is 1.21. The monoisotopic (exact) mass is 726 g/mol. The van der Waals surface area contributed by atoms with Crippen molar-refractivity contribution in [3.8, 4) is 35.2 Å². The summed E-state index contributed by atoms with van der Waals surface area (Å²) in [6, 6.07) is 8.49. The van der Waals surface area contributed by atoms with E-state index < -0.39 is 23.1 Å². The first kappa shape index (κ1) is 35.2. The Labute approximate surface area is 307 Å². The summed E-state index contributed by atoms with van der Waals surface area (Å²) < 4.78 is 52.9. The molecule has 0 aliphatic carbocycles. The number of hydrogen-bond donors (Lipinski definition) is 0. The summed E-state index contributed by atoms with van der Waals surface area (Å²) in [5.74, 6) is 3.12. The van der Waals surface area contributed by atoms with E-state index in [9.17, 15) is 9.18 Å². The van der Waals surface area contributed by atoms with Gasteiger partial charge < -0.3 is 23.8 Å². The van der Waals surface area contributed by atoms with Gasteiger partial charge in [0, 0.05) is 50.3 Å². The second-order valence-electron chi connectivity index (χ2n) is 15.6. The summed E-state index contributed by atoms with van der Waals surface area (Å²) in [5, 5.41) is 1.23. The third-order valence-corrected chi connectivity index (χ3v) is 11.0. The number of anilines is 1. The molecule has 0 saturated carbocycles. The van der Waals surface area contributed by atoms with E-state index in [0.717, 1.165) is 32.2 Å². The minimum absolute atomic E-state index is 0.0205. The van der Waals surface area contributed by atoms with Crippen molar-refractivity contribution in [2.75, 3.05) is 51.6 Å². The lowest BCUT2D eigenvalue weighted by atomic mass is 9.94. The zero-order chi connectivity index (χ0) is 37.1. The summed E-state index contributed by atoms with van der Waals surface area (Å²) in [6.07, 6.45) is 10.3. The first-order valence-corrected chi connectivity index (χ1v) is 18.3. The number of terminal acetylenes is 1. The molecule has 0 spiro atoms. The number of rotatable bonds is 8. The van der Waals surface area contributed by atoms with Crippen LogP contribution in [0.2, 0.25) is 0 Å². The highest BCUT2D eigenvalue weighted by Gasteiger charge is 2.50. The Morgan fingerprint density at radius 2 is 1.89 bits per heavy atom. The summed E-state index contributed by atoms with van der Waals surface area (Å²) >= 11 is 0. The molecule has 2 aromatic heterocycles. The second kappa shape index (κ2) is 13.6. The molecule has 53 heavy (non-hydrogen) atoms. The van der Waals surface area contributed by atoms with Crippen LogP contribution in [0, 0.1) is 18.2 Å². The van der Waals surface area contributed by atoms with Crippen molar-refractivity contribution in [1.29, 1.82) is 0 Å². The lowest BCUT2D eigenvalue weighted by Gasteiger charge is -2.41. The zero-order valence-electron chi connectivity index (χ0n) is 30.5. The number of carbonyl (C=O) groups is 1. The largest absolute Gasteiger partial charge is 0.468 e. The number of pyridine rings is 1. The maximum absolute atomic E-state index is 15.1. The predicted octanol–water partition coefficient (Wildman–Crippen LogP) is 6.49. The van der Waals surface area contributed by atoms with Gasteiger partial charge in [0.1, 0.15) is 35.5 Å². The van der Waals surface area contributed by atoms with Crippen LogP contribution in [0.1, 0.15) is 58.4 Å². The Bertz CT molecular complexity index is 2110. The third kappa shape index (κ3) is 6.56. The Hall–Kier alpha value is -4.80. The topological polar surface area (TPSA) is 102 Å². The van der Waals surface area contributed by atoms with Gasteiger partial charge in [-0.1, -0.05) is 12.0 Å². The molecule has 2 bridgehead atoms. The number of fused-ring (bicyclic) bond motifs is 5. The predicted molar refractivity (Wildman–Crippen MR) is 196 cm³/mol. The molecule has 2 aromatic carbocycles. The van der Waals surface area contributed by atoms with E-state index >= 15 is 4.39 Å². The number of piperazine rings is 1. The molecule has 0 radical (unpaired) electrons. The fourth-order valence-electron chi connectivity index (χ4n) is 8.74. The van der Waals surface area contributed by atoms with Crippen molar-refractivity contribution in [2.45, 2.75) is 82.3 Å². The molecule has 6 heterocycles. The van der Waals surface area contributed by atoms with Gasteiger partial charge in [-0.15, -0.1) is 6.42 Å². The van der Waals surface area contributed by atoms with Crippen LogP contribution in [0.15, 0.2) is 36.5 Å². The van der Waals surface area contributed by atoms with Crippen LogP contribution in [-0.2, 0) is 9.47 Å². The summed E-state index contributed by atoms with van der Waals surface area (Å²) in [7, 11) is 1.54. The van der Waals surface area contributed by atoms with Gasteiger partial charge in [0.05, 0.1) is 28.7 Å². The quantitative estimate of drug-likeness (QED) is 0.148. The number of methoxy groups -OCH3 is 1. The number of carbonyl (C=O) groups excluding carboxylic acids is 1. The average molecular weight is 727 g/mol. The molecule has 4 atom stereocenters. The molecule has 4 aliphatic heterocycles. The Morgan fingerprint density at radius 1 is 1.09 bits per heavy atom. The van der Waals surface area contributed by atoms with E-state index in [-0.39, 0.29) is 43.2 Å². The van der Waals surface area contributed by atoms with Crippen LogP contribution in [0.25, 0.3) is 32.9 Å². The number of halogens is 2. The van der Waals surface area contributed by atoms with Crippen molar-refractivity contribution in [3.63, 3.8) is 0 Å². The zero-order valence-corrected chi connectivity index (χ0v) is 30.5. The van der Waals surface area contributed by atoms with Gasteiger partial charge in [0.25, 0.3) is 0 Å². The van der Waals surface area contributed by atoms with Crippen LogP contribution in [0.4, 0.5) is 19.4 Å². The number of hydrogen-bond acceptors (Lipinski definition) is 10. The highest BCUT2D eigenvalue weighted by atomic mass is 19.1. The highest BCUT2D eigenvalue weighted by Crippen LogP contribution is 2.42. The molecule has 4 saturated heterocycles. The number of ether oxygens (including phenoxy) is 4. The standard InChI is InChI=1S/C40H44F2N6O5/c1-6-30-32(42)11-8-24-14-29(52-23-50-5)16-31(34(24)30)25-15-33-35(43-18-25)36(45-37(44-33)51-22-40-12-7-13-47(40)19-26(41)17-40)46-20-27-9-10-28(21-46)48(27)38(49)53-39(2,3)4/h1,8,11,14-16,18,26-28H,7,9-10,12-13,17,19-23H2,2-5H3/t26-,27?,28?,40+/m1/s1. The van der Waals surface area contributed by atoms with Crippen molar-refractivity contribution in [1.82, 2.24) is 24.8 Å². The van der Waals surface area contributed by atoms with E-state index in [1.54, 1.807) is 24.4 Å². The van der Waals surface area contributed by atoms with Crippen molar-refractivity contribution in [3.05, 3.63) is 47.9 Å². The van der Waals surface area contributed by atoms with Gasteiger partial charge in [0.15, 0.2) is 12.6 Å². The lowest BCUT2D eigenvalue weighted by molar-refractivity contribution is 0.0122. The molecule has 13 heteroatoms. The number of aromatic nitrogens is 3. The molecule has 4 aromatic rings. The third-order valence-electron chi connectivity index (χ3n) is 11.0. The molecule has 4 aliphatic rings. The van der Waals surface area contributed by atoms with E-state index in [1.165, 1.54) is 13.2 Å². The van der Waals surface area contributed by atoms with Gasteiger partial charge in [-0.25, -0.2) is 13.6 Å². The number of alkyl halides is 1. The summed E-state index contributed by atoms with van der Waals surface area (Å²) in [5.41, 5.74) is 1.44. The first-order valence-electron chi connectivity index (χ1n) is 18.3. The molecule has 4 fully saturated rings. The minimum Gasteiger partial charge on any atom is -0.468 e. The molecule has 1 amide bonds. The average Bonchev–Trinajstić information content (AvgIpc) is 3.74. The lowest BCUT2D eigenvalue weighted by Crippen LogP contribution is -2.57.